The van der Waals surface area contributed by atoms with Crippen LogP contribution in [-0.2, 0) is 22.3 Å². The third-order valence-electron chi connectivity index (χ3n) is 3.27. The van der Waals surface area contributed by atoms with Crippen molar-refractivity contribution >= 4 is 10.0 Å². The lowest BCUT2D eigenvalue weighted by molar-refractivity contribution is 0.370. The smallest absolute Gasteiger partial charge is 0.218 e. The molecule has 0 heterocycles. The molecule has 0 saturated carbocycles. The molecule has 0 aliphatic carbocycles. The molecule has 6 heteroatoms. The average Bonchev–Trinajstić information content (AvgIpc) is 2.38. The van der Waals surface area contributed by atoms with Crippen molar-refractivity contribution in [2.45, 2.75) is 18.7 Å². The van der Waals surface area contributed by atoms with Gasteiger partial charge in [0.1, 0.15) is 0 Å². The zero-order valence-electron chi connectivity index (χ0n) is 13.5. The molecule has 0 radical (unpaired) electrons. The Labute approximate surface area is 129 Å². The van der Waals surface area contributed by atoms with E-state index < -0.39 is 10.0 Å². The van der Waals surface area contributed by atoms with E-state index in [1.807, 2.05) is 45.4 Å². The number of hydrogen-bond donors (Lipinski definition) is 1. The molecule has 0 aliphatic rings. The third-order valence-corrected chi connectivity index (χ3v) is 5.11. The predicted octanol–water partition coefficient (Wildman–Crippen LogP) is 1.12. The topological polar surface area (TPSA) is 52.7 Å². The Kier molecular flexibility index (Phi) is 7.31. The predicted molar refractivity (Wildman–Crippen MR) is 87.6 cm³/mol. The Morgan fingerprint density at radius 1 is 1.10 bits per heavy atom. The number of nitrogens with zero attached hydrogens (tertiary/aromatic N) is 2. The maximum absolute atomic E-state index is 12.3. The van der Waals surface area contributed by atoms with Gasteiger partial charge in [-0.3, -0.25) is 0 Å². The molecule has 21 heavy (non-hydrogen) atoms. The molecule has 5 nitrogen and oxygen atoms in total. The number of hydrogen-bond acceptors (Lipinski definition) is 4. The summed E-state index contributed by atoms with van der Waals surface area (Å²) in [6.45, 7) is 2.18. The Bertz CT molecular complexity index is 529. The van der Waals surface area contributed by atoms with Crippen LogP contribution in [0.25, 0.3) is 0 Å². The van der Waals surface area contributed by atoms with Gasteiger partial charge in [0, 0.05) is 20.1 Å². The van der Waals surface area contributed by atoms with Gasteiger partial charge in [0.05, 0.1) is 5.75 Å². The Hall–Kier alpha value is -0.950. The van der Waals surface area contributed by atoms with Crippen molar-refractivity contribution < 1.29 is 8.42 Å². The first-order chi connectivity index (χ1) is 9.85. The zero-order chi connectivity index (χ0) is 15.9. The van der Waals surface area contributed by atoms with Gasteiger partial charge in [-0.1, -0.05) is 24.3 Å². The summed E-state index contributed by atoms with van der Waals surface area (Å²) in [7, 11) is 4.26. The molecule has 0 aliphatic heterocycles. The lowest BCUT2D eigenvalue weighted by Crippen LogP contribution is -2.30. The van der Waals surface area contributed by atoms with Gasteiger partial charge < -0.3 is 10.2 Å². The van der Waals surface area contributed by atoms with Crippen molar-refractivity contribution in [2.75, 3.05) is 41.3 Å². The first-order valence-electron chi connectivity index (χ1n) is 7.16. The molecule has 1 N–H and O–H groups in total. The highest BCUT2D eigenvalue weighted by Gasteiger charge is 2.18. The molecule has 0 bridgehead atoms. The number of sulfonamides is 1. The van der Waals surface area contributed by atoms with Crippen LogP contribution in [0.2, 0.25) is 0 Å². The molecule has 0 spiro atoms. The van der Waals surface area contributed by atoms with E-state index in [-0.39, 0.29) is 5.75 Å². The van der Waals surface area contributed by atoms with Crippen molar-refractivity contribution in [3.05, 3.63) is 35.4 Å². The third kappa shape index (κ3) is 6.56. The van der Waals surface area contributed by atoms with Gasteiger partial charge in [0.15, 0.2) is 0 Å². The summed E-state index contributed by atoms with van der Waals surface area (Å²) in [4.78, 5) is 2.06. The minimum atomic E-state index is -3.25. The molecule has 0 fully saturated rings. The lowest BCUT2D eigenvalue weighted by Gasteiger charge is -2.18. The molecule has 1 rings (SSSR count). The molecule has 0 amide bonds. The molecule has 1 aromatic carbocycles. The quantitative estimate of drug-likeness (QED) is 0.742. The summed E-state index contributed by atoms with van der Waals surface area (Å²) in [5.41, 5.74) is 1.93. The Balaban J connectivity index is 2.64. The van der Waals surface area contributed by atoms with Crippen molar-refractivity contribution in [2.24, 2.45) is 0 Å². The van der Waals surface area contributed by atoms with E-state index in [1.165, 1.54) is 4.31 Å². The molecule has 0 unspecified atom stereocenters. The van der Waals surface area contributed by atoms with Crippen LogP contribution in [0.5, 0.6) is 0 Å². The number of benzene rings is 1. The van der Waals surface area contributed by atoms with E-state index in [1.54, 1.807) is 7.05 Å². The van der Waals surface area contributed by atoms with Crippen molar-refractivity contribution in [3.8, 4) is 0 Å². The van der Waals surface area contributed by atoms with Crippen LogP contribution in [0, 0.1) is 0 Å². The van der Waals surface area contributed by atoms with Crippen molar-refractivity contribution in [1.82, 2.24) is 14.5 Å². The normalized spacial score (nSPS) is 12.3. The second-order valence-electron chi connectivity index (χ2n) is 5.58. The van der Waals surface area contributed by atoms with E-state index in [9.17, 15) is 8.42 Å². The average molecular weight is 313 g/mol. The zero-order valence-corrected chi connectivity index (χ0v) is 14.3. The summed E-state index contributed by atoms with van der Waals surface area (Å²) >= 11 is 0. The SMILES string of the molecule is CNCc1cccc(CS(=O)(=O)N(C)CCCN(C)C)c1. The molecular formula is C15H27N3O2S. The molecule has 0 aromatic heterocycles. The van der Waals surface area contributed by atoms with Gasteiger partial charge in [-0.2, -0.15) is 0 Å². The molecule has 0 atom stereocenters. The molecule has 120 valence electrons. The highest BCUT2D eigenvalue weighted by Crippen LogP contribution is 2.12. The standard InChI is InChI=1S/C15H27N3O2S/c1-16-12-14-7-5-8-15(11-14)13-21(19,20)18(4)10-6-9-17(2)3/h5,7-8,11,16H,6,9-10,12-13H2,1-4H3. The summed E-state index contributed by atoms with van der Waals surface area (Å²) < 4.78 is 26.1. The van der Waals surface area contributed by atoms with Crippen LogP contribution in [-0.4, -0.2) is 58.9 Å². The fraction of sp³-hybridized carbons (Fsp3) is 0.600. The van der Waals surface area contributed by atoms with E-state index >= 15 is 0 Å². The van der Waals surface area contributed by atoms with Gasteiger partial charge in [-0.15, -0.1) is 0 Å². The van der Waals surface area contributed by atoms with Gasteiger partial charge >= 0.3 is 0 Å². The highest BCUT2D eigenvalue weighted by molar-refractivity contribution is 7.88. The molecule has 1 aromatic rings. The van der Waals surface area contributed by atoms with Crippen LogP contribution in [0.3, 0.4) is 0 Å². The van der Waals surface area contributed by atoms with E-state index in [4.69, 9.17) is 0 Å². The maximum Gasteiger partial charge on any atom is 0.218 e. The molecular weight excluding hydrogens is 286 g/mol. The van der Waals surface area contributed by atoms with Gasteiger partial charge in [-0.05, 0) is 45.2 Å². The summed E-state index contributed by atoms with van der Waals surface area (Å²) in [6, 6.07) is 7.71. The summed E-state index contributed by atoms with van der Waals surface area (Å²) in [6.07, 6.45) is 0.836. The van der Waals surface area contributed by atoms with Gasteiger partial charge in [-0.25, -0.2) is 12.7 Å². The summed E-state index contributed by atoms with van der Waals surface area (Å²) in [5.74, 6) is 0.0586. The van der Waals surface area contributed by atoms with Crippen LogP contribution in [0.15, 0.2) is 24.3 Å². The molecule has 0 saturated heterocycles. The monoisotopic (exact) mass is 313 g/mol. The Morgan fingerprint density at radius 3 is 2.38 bits per heavy atom. The van der Waals surface area contributed by atoms with Crippen LogP contribution in [0.4, 0.5) is 0 Å². The first kappa shape index (κ1) is 18.1. The van der Waals surface area contributed by atoms with Crippen molar-refractivity contribution in [1.29, 1.82) is 0 Å². The highest BCUT2D eigenvalue weighted by atomic mass is 32.2. The van der Waals surface area contributed by atoms with Crippen LogP contribution < -0.4 is 5.32 Å². The van der Waals surface area contributed by atoms with E-state index in [0.29, 0.717) is 6.54 Å². The fourth-order valence-electron chi connectivity index (χ4n) is 2.10. The second kappa shape index (κ2) is 8.48. The number of nitrogens with one attached hydrogen (secondary N) is 1. The van der Waals surface area contributed by atoms with E-state index in [2.05, 4.69) is 10.2 Å². The van der Waals surface area contributed by atoms with Crippen LogP contribution >= 0.6 is 0 Å². The minimum absolute atomic E-state index is 0.0586. The first-order valence-corrected chi connectivity index (χ1v) is 8.77. The lowest BCUT2D eigenvalue weighted by atomic mass is 10.1. The van der Waals surface area contributed by atoms with Crippen LogP contribution in [0.1, 0.15) is 17.5 Å². The largest absolute Gasteiger partial charge is 0.316 e. The van der Waals surface area contributed by atoms with Gasteiger partial charge in [0.2, 0.25) is 10.0 Å². The number of rotatable bonds is 9. The van der Waals surface area contributed by atoms with Crippen molar-refractivity contribution in [3.63, 3.8) is 0 Å². The minimum Gasteiger partial charge on any atom is -0.316 e. The van der Waals surface area contributed by atoms with Gasteiger partial charge in [0.25, 0.3) is 0 Å². The second-order valence-corrected chi connectivity index (χ2v) is 7.66. The Morgan fingerprint density at radius 2 is 1.76 bits per heavy atom. The summed E-state index contributed by atoms with van der Waals surface area (Å²) in [5, 5.41) is 3.07. The maximum atomic E-state index is 12.3. The fourth-order valence-corrected chi connectivity index (χ4v) is 3.33. The van der Waals surface area contributed by atoms with E-state index in [0.717, 1.165) is 30.6 Å².